The highest BCUT2D eigenvalue weighted by atomic mass is 19.1. The number of halogens is 1. The molecule has 1 N–H and O–H groups in total. The molecule has 1 heterocycles. The second kappa shape index (κ2) is 4.66. The van der Waals surface area contributed by atoms with E-state index >= 15 is 0 Å². The third-order valence-corrected chi connectivity index (χ3v) is 2.84. The highest BCUT2D eigenvalue weighted by molar-refractivity contribution is 5.55. The minimum Gasteiger partial charge on any atom is -0.389 e. The molecule has 2 rings (SSSR count). The van der Waals surface area contributed by atoms with Gasteiger partial charge in [0, 0.05) is 24.3 Å². The van der Waals surface area contributed by atoms with Crippen LogP contribution in [0.4, 0.5) is 10.1 Å². The fourth-order valence-electron chi connectivity index (χ4n) is 2.01. The van der Waals surface area contributed by atoms with Crippen LogP contribution < -0.4 is 4.90 Å². The van der Waals surface area contributed by atoms with Gasteiger partial charge in [-0.2, -0.15) is 0 Å². The number of anilines is 1. The van der Waals surface area contributed by atoms with Crippen LogP contribution in [0.1, 0.15) is 25.0 Å². The molecule has 3 heteroatoms. The van der Waals surface area contributed by atoms with Gasteiger partial charge in [-0.3, -0.25) is 0 Å². The van der Waals surface area contributed by atoms with E-state index in [1.807, 2.05) is 0 Å². The molecule has 0 radical (unpaired) electrons. The number of nitrogens with zero attached hydrogens (tertiary/aromatic N) is 1. The Hall–Kier alpha value is -1.35. The van der Waals surface area contributed by atoms with Crippen molar-refractivity contribution in [1.82, 2.24) is 0 Å². The molecule has 0 amide bonds. The van der Waals surface area contributed by atoms with Gasteiger partial charge in [-0.25, -0.2) is 4.39 Å². The van der Waals surface area contributed by atoms with E-state index in [4.69, 9.17) is 0 Å². The van der Waals surface area contributed by atoms with Crippen molar-refractivity contribution in [3.8, 4) is 0 Å². The number of rotatable bonds is 2. The van der Waals surface area contributed by atoms with Crippen molar-refractivity contribution in [1.29, 1.82) is 0 Å². The lowest BCUT2D eigenvalue weighted by Gasteiger charge is -2.28. The zero-order chi connectivity index (χ0) is 11.5. The Morgan fingerprint density at radius 2 is 2.19 bits per heavy atom. The zero-order valence-corrected chi connectivity index (χ0v) is 9.36. The third kappa shape index (κ3) is 2.25. The molecule has 0 aromatic heterocycles. The lowest BCUT2D eigenvalue weighted by molar-refractivity contribution is 0.199. The van der Waals surface area contributed by atoms with E-state index in [-0.39, 0.29) is 5.82 Å². The summed E-state index contributed by atoms with van der Waals surface area (Å²) >= 11 is 0. The van der Waals surface area contributed by atoms with Gasteiger partial charge < -0.3 is 10.0 Å². The number of hydrogen-bond acceptors (Lipinski definition) is 2. The fourth-order valence-corrected chi connectivity index (χ4v) is 2.01. The lowest BCUT2D eigenvalue weighted by atomic mass is 10.1. The molecule has 0 fully saturated rings. The molecule has 16 heavy (non-hydrogen) atoms. The molecular weight excluding hydrogens is 205 g/mol. The first-order valence-corrected chi connectivity index (χ1v) is 5.56. The Morgan fingerprint density at radius 1 is 1.38 bits per heavy atom. The van der Waals surface area contributed by atoms with Crippen molar-refractivity contribution >= 4 is 5.69 Å². The normalized spacial score (nSPS) is 17.6. The van der Waals surface area contributed by atoms with Gasteiger partial charge in [0.05, 0.1) is 6.10 Å². The van der Waals surface area contributed by atoms with Gasteiger partial charge in [0.25, 0.3) is 0 Å². The van der Waals surface area contributed by atoms with Gasteiger partial charge in [0.2, 0.25) is 0 Å². The minimum absolute atomic E-state index is 0.299. The molecule has 1 aromatic rings. The van der Waals surface area contributed by atoms with E-state index in [2.05, 4.69) is 17.1 Å². The Balaban J connectivity index is 2.35. The number of benzene rings is 1. The molecule has 1 aromatic carbocycles. The molecule has 0 bridgehead atoms. The highest BCUT2D eigenvalue weighted by Crippen LogP contribution is 2.28. The van der Waals surface area contributed by atoms with Gasteiger partial charge in [0.15, 0.2) is 0 Å². The number of aliphatic hydroxyl groups is 1. The first-order valence-electron chi connectivity index (χ1n) is 5.56. The second-order valence-electron chi connectivity index (χ2n) is 4.09. The van der Waals surface area contributed by atoms with Crippen LogP contribution >= 0.6 is 0 Å². The van der Waals surface area contributed by atoms with Crippen LogP contribution in [-0.4, -0.2) is 18.2 Å². The summed E-state index contributed by atoms with van der Waals surface area (Å²) in [7, 11) is 0. The zero-order valence-electron chi connectivity index (χ0n) is 9.36. The Morgan fingerprint density at radius 3 is 2.81 bits per heavy atom. The van der Waals surface area contributed by atoms with E-state index in [1.165, 1.54) is 12.1 Å². The van der Waals surface area contributed by atoms with Gasteiger partial charge in [-0.15, -0.1) is 0 Å². The van der Waals surface area contributed by atoms with Crippen LogP contribution in [0, 0.1) is 5.82 Å². The van der Waals surface area contributed by atoms with Crippen LogP contribution in [0.25, 0.3) is 0 Å². The summed E-state index contributed by atoms with van der Waals surface area (Å²) in [5.41, 5.74) is 1.59. The fraction of sp³-hybridized carbons (Fsp3) is 0.385. The quantitative estimate of drug-likeness (QED) is 0.776. The molecule has 2 nitrogen and oxygen atoms in total. The summed E-state index contributed by atoms with van der Waals surface area (Å²) < 4.78 is 13.1. The van der Waals surface area contributed by atoms with E-state index in [1.54, 1.807) is 13.0 Å². The monoisotopic (exact) mass is 221 g/mol. The highest BCUT2D eigenvalue weighted by Gasteiger charge is 2.15. The summed E-state index contributed by atoms with van der Waals surface area (Å²) in [4.78, 5) is 2.15. The van der Waals surface area contributed by atoms with E-state index < -0.39 is 6.10 Å². The Labute approximate surface area is 95.0 Å². The molecule has 1 unspecified atom stereocenters. The average Bonchev–Trinajstić information content (AvgIpc) is 2.30. The molecule has 1 aliphatic heterocycles. The first-order chi connectivity index (χ1) is 7.68. The summed E-state index contributed by atoms with van der Waals surface area (Å²) in [6.07, 6.45) is 4.59. The maximum absolute atomic E-state index is 13.1. The van der Waals surface area contributed by atoms with E-state index in [9.17, 15) is 9.50 Å². The van der Waals surface area contributed by atoms with Crippen LogP contribution in [0.5, 0.6) is 0 Å². The minimum atomic E-state index is -0.642. The molecule has 1 aliphatic rings. The van der Waals surface area contributed by atoms with Gasteiger partial charge in [0.1, 0.15) is 5.82 Å². The number of aliphatic hydroxyl groups excluding tert-OH is 1. The molecule has 0 saturated carbocycles. The standard InChI is InChI=1S/C13H16FNO/c1-10(16)12-9-11(14)5-6-13(12)15-7-3-2-4-8-15/h2-3,5-6,9-10,16H,4,7-8H2,1H3. The maximum Gasteiger partial charge on any atom is 0.123 e. The van der Waals surface area contributed by atoms with Gasteiger partial charge >= 0.3 is 0 Å². The van der Waals surface area contributed by atoms with E-state index in [0.717, 1.165) is 25.2 Å². The topological polar surface area (TPSA) is 23.5 Å². The summed E-state index contributed by atoms with van der Waals surface area (Å²) in [5, 5.41) is 9.65. The molecule has 86 valence electrons. The molecule has 0 aliphatic carbocycles. The van der Waals surface area contributed by atoms with Crippen molar-refractivity contribution in [2.24, 2.45) is 0 Å². The smallest absolute Gasteiger partial charge is 0.123 e. The first kappa shape index (κ1) is 11.1. The molecular formula is C13H16FNO. The van der Waals surface area contributed by atoms with Crippen molar-refractivity contribution in [3.63, 3.8) is 0 Å². The molecule has 1 atom stereocenters. The maximum atomic E-state index is 13.1. The van der Waals surface area contributed by atoms with E-state index in [0.29, 0.717) is 5.56 Å². The SMILES string of the molecule is CC(O)c1cc(F)ccc1N1CC=CCC1. The summed E-state index contributed by atoms with van der Waals surface area (Å²) in [5.74, 6) is -0.299. The van der Waals surface area contributed by atoms with Crippen LogP contribution in [-0.2, 0) is 0 Å². The van der Waals surface area contributed by atoms with Crippen molar-refractivity contribution < 1.29 is 9.50 Å². The van der Waals surface area contributed by atoms with Crippen molar-refractivity contribution in [2.45, 2.75) is 19.4 Å². The lowest BCUT2D eigenvalue weighted by Crippen LogP contribution is -2.28. The Kier molecular flexibility index (Phi) is 3.25. The Bertz CT molecular complexity index is 401. The largest absolute Gasteiger partial charge is 0.389 e. The van der Waals surface area contributed by atoms with Gasteiger partial charge in [-0.05, 0) is 31.5 Å². The number of hydrogen-bond donors (Lipinski definition) is 1. The molecule has 0 saturated heterocycles. The third-order valence-electron chi connectivity index (χ3n) is 2.84. The van der Waals surface area contributed by atoms with Crippen molar-refractivity contribution in [2.75, 3.05) is 18.0 Å². The predicted octanol–water partition coefficient (Wildman–Crippen LogP) is 2.65. The average molecular weight is 221 g/mol. The van der Waals surface area contributed by atoms with Crippen molar-refractivity contribution in [3.05, 3.63) is 41.7 Å². The predicted molar refractivity (Wildman–Crippen MR) is 63.0 cm³/mol. The second-order valence-corrected chi connectivity index (χ2v) is 4.09. The van der Waals surface area contributed by atoms with Gasteiger partial charge in [-0.1, -0.05) is 12.2 Å². The van der Waals surface area contributed by atoms with Crippen LogP contribution in [0.15, 0.2) is 30.4 Å². The van der Waals surface area contributed by atoms with Crippen LogP contribution in [0.3, 0.4) is 0 Å². The van der Waals surface area contributed by atoms with Crippen LogP contribution in [0.2, 0.25) is 0 Å². The summed E-state index contributed by atoms with van der Waals surface area (Å²) in [6.45, 7) is 3.41. The summed E-state index contributed by atoms with van der Waals surface area (Å²) in [6, 6.07) is 4.61. The molecule has 0 spiro atoms.